The summed E-state index contributed by atoms with van der Waals surface area (Å²) in [5.74, 6) is 1.86. The van der Waals surface area contributed by atoms with Crippen molar-refractivity contribution in [3.8, 4) is 22.9 Å². The Morgan fingerprint density at radius 2 is 1.86 bits per heavy atom. The highest BCUT2D eigenvalue weighted by atomic mass is 16.5. The number of amides is 1. The van der Waals surface area contributed by atoms with E-state index in [4.69, 9.17) is 9.47 Å². The summed E-state index contributed by atoms with van der Waals surface area (Å²) >= 11 is 0. The lowest BCUT2D eigenvalue weighted by atomic mass is 10.0. The molecule has 0 saturated heterocycles. The van der Waals surface area contributed by atoms with E-state index in [0.29, 0.717) is 30.3 Å². The number of benzene rings is 2. The van der Waals surface area contributed by atoms with Crippen LogP contribution in [-0.2, 0) is 6.42 Å². The van der Waals surface area contributed by atoms with Crippen LogP contribution in [0.1, 0.15) is 29.8 Å². The average Bonchev–Trinajstić information content (AvgIpc) is 3.06. The Labute approximate surface area is 169 Å². The molecule has 0 fully saturated rings. The Kier molecular flexibility index (Phi) is 5.16. The van der Waals surface area contributed by atoms with Gasteiger partial charge in [0.15, 0.2) is 17.3 Å². The fraction of sp³-hybridized carbons (Fsp3) is 0.261. The second-order valence-corrected chi connectivity index (χ2v) is 7.55. The molecule has 1 aromatic heterocycles. The molecule has 1 N–H and O–H groups in total. The van der Waals surface area contributed by atoms with E-state index >= 15 is 0 Å². The second kappa shape index (κ2) is 7.91. The van der Waals surface area contributed by atoms with Crippen LogP contribution >= 0.6 is 0 Å². The standard InChI is InChI=1S/C23H23N3O3/c1-23(2)13-17-9-6-10-19(20(17)29-23)28-12-11-24-22(27)18-14-25-21(26-15-18)16-7-4-3-5-8-16/h3-10,14-15H,11-13H2,1-2H3,(H,24,27). The van der Waals surface area contributed by atoms with Crippen molar-refractivity contribution in [2.24, 2.45) is 0 Å². The molecule has 29 heavy (non-hydrogen) atoms. The third-order valence-corrected chi connectivity index (χ3v) is 4.65. The maximum Gasteiger partial charge on any atom is 0.254 e. The molecule has 3 aromatic rings. The van der Waals surface area contributed by atoms with E-state index in [2.05, 4.69) is 35.2 Å². The van der Waals surface area contributed by atoms with Crippen molar-refractivity contribution in [2.75, 3.05) is 13.2 Å². The maximum absolute atomic E-state index is 12.3. The van der Waals surface area contributed by atoms with Crippen molar-refractivity contribution in [2.45, 2.75) is 25.9 Å². The number of ether oxygens (including phenoxy) is 2. The summed E-state index contributed by atoms with van der Waals surface area (Å²) in [5.41, 5.74) is 2.25. The third-order valence-electron chi connectivity index (χ3n) is 4.65. The van der Waals surface area contributed by atoms with Crippen LogP contribution in [0.3, 0.4) is 0 Å². The molecule has 0 atom stereocenters. The van der Waals surface area contributed by atoms with Gasteiger partial charge in [0.25, 0.3) is 5.91 Å². The number of nitrogens with one attached hydrogen (secondary N) is 1. The molecular weight excluding hydrogens is 366 g/mol. The first-order valence-electron chi connectivity index (χ1n) is 9.61. The first kappa shape index (κ1) is 18.9. The Morgan fingerprint density at radius 1 is 1.10 bits per heavy atom. The Bertz CT molecular complexity index is 1000. The van der Waals surface area contributed by atoms with Gasteiger partial charge in [0.05, 0.1) is 12.1 Å². The number of hydrogen-bond donors (Lipinski definition) is 1. The monoisotopic (exact) mass is 389 g/mol. The van der Waals surface area contributed by atoms with Gasteiger partial charge in [0, 0.05) is 29.9 Å². The first-order chi connectivity index (χ1) is 14.0. The van der Waals surface area contributed by atoms with Crippen molar-refractivity contribution in [3.63, 3.8) is 0 Å². The van der Waals surface area contributed by atoms with E-state index in [0.717, 1.165) is 23.3 Å². The minimum atomic E-state index is -0.233. The molecule has 0 radical (unpaired) electrons. The zero-order valence-electron chi connectivity index (χ0n) is 16.5. The van der Waals surface area contributed by atoms with Crippen LogP contribution in [0.25, 0.3) is 11.4 Å². The molecule has 2 aromatic carbocycles. The number of hydrogen-bond acceptors (Lipinski definition) is 5. The summed E-state index contributed by atoms with van der Waals surface area (Å²) in [4.78, 5) is 20.9. The van der Waals surface area contributed by atoms with Crippen molar-refractivity contribution in [3.05, 3.63) is 72.1 Å². The lowest BCUT2D eigenvalue weighted by Gasteiger charge is -2.18. The zero-order valence-corrected chi connectivity index (χ0v) is 16.5. The lowest BCUT2D eigenvalue weighted by molar-refractivity contribution is 0.0945. The van der Waals surface area contributed by atoms with Crippen molar-refractivity contribution in [1.82, 2.24) is 15.3 Å². The summed E-state index contributed by atoms with van der Waals surface area (Å²) < 4.78 is 11.8. The normalized spacial score (nSPS) is 14.0. The smallest absolute Gasteiger partial charge is 0.254 e. The summed E-state index contributed by atoms with van der Waals surface area (Å²) in [5, 5.41) is 2.83. The molecule has 6 heteroatoms. The van der Waals surface area contributed by atoms with Crippen LogP contribution in [-0.4, -0.2) is 34.6 Å². The maximum atomic E-state index is 12.3. The number of nitrogens with zero attached hydrogens (tertiary/aromatic N) is 2. The van der Waals surface area contributed by atoms with E-state index in [1.165, 1.54) is 12.4 Å². The number of aromatic nitrogens is 2. The first-order valence-corrected chi connectivity index (χ1v) is 9.61. The lowest BCUT2D eigenvalue weighted by Crippen LogP contribution is -2.28. The molecule has 1 aliphatic heterocycles. The molecule has 148 valence electrons. The highest BCUT2D eigenvalue weighted by Crippen LogP contribution is 2.41. The van der Waals surface area contributed by atoms with Crippen molar-refractivity contribution < 1.29 is 14.3 Å². The quantitative estimate of drug-likeness (QED) is 0.651. The molecule has 0 bridgehead atoms. The number of rotatable bonds is 6. The van der Waals surface area contributed by atoms with E-state index < -0.39 is 0 Å². The molecule has 0 spiro atoms. The van der Waals surface area contributed by atoms with E-state index in [1.807, 2.05) is 42.5 Å². The Morgan fingerprint density at radius 3 is 2.62 bits per heavy atom. The number of para-hydroxylation sites is 1. The predicted molar refractivity (Wildman–Crippen MR) is 110 cm³/mol. The molecular formula is C23H23N3O3. The highest BCUT2D eigenvalue weighted by Gasteiger charge is 2.32. The van der Waals surface area contributed by atoms with Gasteiger partial charge >= 0.3 is 0 Å². The van der Waals surface area contributed by atoms with Crippen LogP contribution in [0.15, 0.2) is 60.9 Å². The van der Waals surface area contributed by atoms with Gasteiger partial charge in [0.1, 0.15) is 12.2 Å². The molecule has 6 nitrogen and oxygen atoms in total. The number of carbonyl (C=O) groups excluding carboxylic acids is 1. The largest absolute Gasteiger partial charge is 0.488 e. The minimum absolute atomic E-state index is 0.220. The molecule has 4 rings (SSSR count). The fourth-order valence-electron chi connectivity index (χ4n) is 3.31. The highest BCUT2D eigenvalue weighted by molar-refractivity contribution is 5.93. The molecule has 1 aliphatic rings. The van der Waals surface area contributed by atoms with Gasteiger partial charge < -0.3 is 14.8 Å². The van der Waals surface area contributed by atoms with Crippen LogP contribution < -0.4 is 14.8 Å². The molecule has 0 aliphatic carbocycles. The summed E-state index contributed by atoms with van der Waals surface area (Å²) in [6.07, 6.45) is 3.92. The van der Waals surface area contributed by atoms with Gasteiger partial charge in [0.2, 0.25) is 0 Å². The SMILES string of the molecule is CC1(C)Cc2cccc(OCCNC(=O)c3cnc(-c4ccccc4)nc3)c2O1. The van der Waals surface area contributed by atoms with Crippen molar-refractivity contribution in [1.29, 1.82) is 0 Å². The molecule has 0 saturated carbocycles. The fourth-order valence-corrected chi connectivity index (χ4v) is 3.31. The van der Waals surface area contributed by atoms with Crippen LogP contribution in [0, 0.1) is 0 Å². The van der Waals surface area contributed by atoms with Gasteiger partial charge in [-0.1, -0.05) is 42.5 Å². The van der Waals surface area contributed by atoms with Gasteiger partial charge in [-0.2, -0.15) is 0 Å². The number of carbonyl (C=O) groups is 1. The van der Waals surface area contributed by atoms with Gasteiger partial charge in [-0.25, -0.2) is 9.97 Å². The summed E-state index contributed by atoms with van der Waals surface area (Å²) in [6, 6.07) is 15.5. The molecule has 0 unspecified atom stereocenters. The predicted octanol–water partition coefficient (Wildman–Crippen LogP) is 3.67. The zero-order chi connectivity index (χ0) is 20.3. The third kappa shape index (κ3) is 4.37. The van der Waals surface area contributed by atoms with Gasteiger partial charge in [-0.3, -0.25) is 4.79 Å². The van der Waals surface area contributed by atoms with Crippen molar-refractivity contribution >= 4 is 5.91 Å². The minimum Gasteiger partial charge on any atom is -0.488 e. The summed E-state index contributed by atoms with van der Waals surface area (Å²) in [7, 11) is 0. The van der Waals surface area contributed by atoms with Crippen LogP contribution in [0.4, 0.5) is 0 Å². The second-order valence-electron chi connectivity index (χ2n) is 7.55. The van der Waals surface area contributed by atoms with E-state index in [1.54, 1.807) is 0 Å². The van der Waals surface area contributed by atoms with Gasteiger partial charge in [-0.15, -0.1) is 0 Å². The molecule has 1 amide bonds. The topological polar surface area (TPSA) is 73.3 Å². The summed E-state index contributed by atoms with van der Waals surface area (Å²) in [6.45, 7) is 4.82. The Balaban J connectivity index is 1.30. The number of fused-ring (bicyclic) bond motifs is 1. The Hall–Kier alpha value is -3.41. The van der Waals surface area contributed by atoms with E-state index in [9.17, 15) is 4.79 Å². The molecule has 2 heterocycles. The van der Waals surface area contributed by atoms with E-state index in [-0.39, 0.29) is 11.5 Å². The van der Waals surface area contributed by atoms with Gasteiger partial charge in [-0.05, 0) is 19.9 Å². The van der Waals surface area contributed by atoms with Crippen LogP contribution in [0.2, 0.25) is 0 Å². The average molecular weight is 389 g/mol. The van der Waals surface area contributed by atoms with Crippen LogP contribution in [0.5, 0.6) is 11.5 Å².